The average molecular weight is 354 g/mol. The zero-order valence-electron chi connectivity index (χ0n) is 13.3. The molecule has 1 unspecified atom stereocenters. The van der Waals surface area contributed by atoms with Crippen molar-refractivity contribution in [3.63, 3.8) is 0 Å². The first-order valence-electron chi connectivity index (χ1n) is 7.97. The number of hydrogen-bond acceptors (Lipinski definition) is 7. The molecule has 4 N–H and O–H groups in total. The summed E-state index contributed by atoms with van der Waals surface area (Å²) in [5.74, 6) is -1.44. The summed E-state index contributed by atoms with van der Waals surface area (Å²) < 4.78 is 6.73. The molecule has 1 aromatic rings. The van der Waals surface area contributed by atoms with Crippen LogP contribution in [0.15, 0.2) is 29.8 Å². The molecule has 2 aliphatic rings. The Morgan fingerprint density at radius 1 is 1.28 bits per heavy atom. The number of carboxylic acid groups (broad SMARTS) is 1. The molecule has 2 fully saturated rings. The van der Waals surface area contributed by atoms with E-state index in [0.29, 0.717) is 6.54 Å². The molecular weight excluding hydrogens is 334 g/mol. The minimum absolute atomic E-state index is 0.212. The summed E-state index contributed by atoms with van der Waals surface area (Å²) in [5, 5.41) is 43.4. The van der Waals surface area contributed by atoms with Gasteiger partial charge in [-0.3, -0.25) is 5.01 Å². The number of nitrogens with zero attached hydrogens (tertiary/aromatic N) is 3. The van der Waals surface area contributed by atoms with Gasteiger partial charge in [-0.25, -0.2) is 4.79 Å². The molecule has 0 radical (unpaired) electrons. The van der Waals surface area contributed by atoms with Gasteiger partial charge in [0.25, 0.3) is 6.23 Å². The maximum absolute atomic E-state index is 11.2. The van der Waals surface area contributed by atoms with E-state index in [1.165, 1.54) is 9.58 Å². The molecule has 0 aliphatic carbocycles. The predicted molar refractivity (Wildman–Crippen MR) is 80.7 cm³/mol. The van der Waals surface area contributed by atoms with E-state index >= 15 is 0 Å². The van der Waals surface area contributed by atoms with Gasteiger partial charge in [0.2, 0.25) is 0 Å². The van der Waals surface area contributed by atoms with Crippen LogP contribution in [0.4, 0.5) is 0 Å². The monoisotopic (exact) mass is 354 g/mol. The molecule has 0 aromatic carbocycles. The molecule has 1 aromatic heterocycles. The van der Waals surface area contributed by atoms with Crippen LogP contribution in [0.1, 0.15) is 30.7 Å². The second kappa shape index (κ2) is 7.00. The number of pyridine rings is 1. The van der Waals surface area contributed by atoms with Crippen molar-refractivity contribution < 1.29 is 34.5 Å². The lowest BCUT2D eigenvalue weighted by molar-refractivity contribution is -0.777. The molecule has 0 amide bonds. The maximum Gasteiger partial charge on any atom is 0.335 e. The van der Waals surface area contributed by atoms with Gasteiger partial charge in [-0.2, -0.15) is 4.57 Å². The van der Waals surface area contributed by atoms with Crippen molar-refractivity contribution in [1.82, 2.24) is 5.01 Å². The second-order valence-electron chi connectivity index (χ2n) is 6.24. The zero-order chi connectivity index (χ0) is 18.1. The predicted octanol–water partition coefficient (Wildman–Crippen LogP) is -1.14. The van der Waals surface area contributed by atoms with Crippen molar-refractivity contribution in [2.45, 2.75) is 49.5 Å². The molecule has 0 saturated carbocycles. The minimum Gasteiger partial charge on any atom is -0.479 e. The smallest absolute Gasteiger partial charge is 0.335 e. The zero-order valence-corrected chi connectivity index (χ0v) is 13.3. The molecule has 136 valence electrons. The summed E-state index contributed by atoms with van der Waals surface area (Å²) >= 11 is 0. The van der Waals surface area contributed by atoms with Gasteiger partial charge in [-0.05, 0) is 18.9 Å². The number of nitroso groups, excluding NO2 is 1. The Hall–Kier alpha value is -2.14. The summed E-state index contributed by atoms with van der Waals surface area (Å²) in [5.41, 5.74) is 0.753. The summed E-state index contributed by atoms with van der Waals surface area (Å²) in [7, 11) is 0. The fourth-order valence-corrected chi connectivity index (χ4v) is 3.37. The van der Waals surface area contributed by atoms with Gasteiger partial charge in [-0.1, -0.05) is 0 Å². The Balaban J connectivity index is 1.89. The van der Waals surface area contributed by atoms with Crippen molar-refractivity contribution in [3.05, 3.63) is 35.0 Å². The van der Waals surface area contributed by atoms with Crippen LogP contribution in [-0.2, 0) is 9.53 Å². The summed E-state index contributed by atoms with van der Waals surface area (Å²) in [4.78, 5) is 22.1. The highest BCUT2D eigenvalue weighted by molar-refractivity contribution is 5.73. The number of aliphatic hydroxyl groups excluding tert-OH is 3. The largest absolute Gasteiger partial charge is 0.479 e. The topological polar surface area (TPSA) is 144 Å². The third-order valence-corrected chi connectivity index (χ3v) is 4.68. The van der Waals surface area contributed by atoms with E-state index in [-0.39, 0.29) is 6.04 Å². The van der Waals surface area contributed by atoms with E-state index < -0.39 is 36.6 Å². The van der Waals surface area contributed by atoms with Gasteiger partial charge >= 0.3 is 5.97 Å². The number of aromatic nitrogens is 1. The van der Waals surface area contributed by atoms with Gasteiger partial charge in [-0.15, -0.1) is 4.91 Å². The molecule has 6 atom stereocenters. The van der Waals surface area contributed by atoms with E-state index in [9.17, 15) is 25.0 Å². The summed E-state index contributed by atoms with van der Waals surface area (Å²) in [6.45, 7) is 0.553. The van der Waals surface area contributed by atoms with E-state index in [1.807, 2.05) is 0 Å². The Labute approximate surface area is 142 Å². The van der Waals surface area contributed by atoms with Crippen LogP contribution < -0.4 is 4.57 Å². The Kier molecular flexibility index (Phi) is 4.95. The van der Waals surface area contributed by atoms with Crippen molar-refractivity contribution in [1.29, 1.82) is 0 Å². The lowest BCUT2D eigenvalue weighted by atomic mass is 9.97. The molecule has 0 spiro atoms. The van der Waals surface area contributed by atoms with Crippen LogP contribution in [-0.4, -0.2) is 62.4 Å². The number of carboxylic acids is 1. The standard InChI is InChI=1S/C15H19N3O7/c19-10-11(20)13(15(22)23)25-14(12(10)21)17-5-1-3-8(7-17)9-4-2-6-18(9)16-24/h1,3,5,7,9-14,19-21H,2,4,6H2/p+1/t9?,10-,11-,12+,13-,14+/m0/s1. The summed E-state index contributed by atoms with van der Waals surface area (Å²) in [6, 6.07) is 3.25. The normalized spacial score (nSPS) is 35.6. The number of aliphatic hydroxyl groups is 3. The third kappa shape index (κ3) is 3.21. The highest BCUT2D eigenvalue weighted by atomic mass is 16.6. The molecule has 3 heterocycles. The SMILES string of the molecule is O=NN1CCCC1c1ccc[n+]([C@@H]2O[C@H](C(=O)O)[C@@H](O)[C@H](O)[C@H]2O)c1. The molecule has 25 heavy (non-hydrogen) atoms. The highest BCUT2D eigenvalue weighted by Crippen LogP contribution is 2.32. The van der Waals surface area contributed by atoms with Crippen LogP contribution in [0, 0.1) is 4.91 Å². The maximum atomic E-state index is 11.2. The highest BCUT2D eigenvalue weighted by Gasteiger charge is 2.51. The van der Waals surface area contributed by atoms with Gasteiger partial charge < -0.3 is 25.2 Å². The van der Waals surface area contributed by atoms with E-state index in [4.69, 9.17) is 9.84 Å². The van der Waals surface area contributed by atoms with Crippen molar-refractivity contribution in [2.75, 3.05) is 6.54 Å². The van der Waals surface area contributed by atoms with Crippen LogP contribution >= 0.6 is 0 Å². The first-order valence-corrected chi connectivity index (χ1v) is 7.97. The third-order valence-electron chi connectivity index (χ3n) is 4.68. The van der Waals surface area contributed by atoms with Crippen LogP contribution in [0.3, 0.4) is 0 Å². The summed E-state index contributed by atoms with van der Waals surface area (Å²) in [6.07, 6.45) is -3.07. The van der Waals surface area contributed by atoms with Gasteiger partial charge in [0, 0.05) is 18.2 Å². The Bertz CT molecular complexity index is 658. The number of aliphatic carboxylic acids is 1. The van der Waals surface area contributed by atoms with Gasteiger partial charge in [0.15, 0.2) is 24.6 Å². The van der Waals surface area contributed by atoms with E-state index in [0.717, 1.165) is 18.4 Å². The number of ether oxygens (including phenoxy) is 1. The number of hydrogen-bond donors (Lipinski definition) is 4. The second-order valence-corrected chi connectivity index (χ2v) is 6.24. The van der Waals surface area contributed by atoms with Crippen molar-refractivity contribution >= 4 is 5.97 Å². The molecule has 10 heteroatoms. The molecular formula is C15H20N3O7+. The van der Waals surface area contributed by atoms with Crippen LogP contribution in [0.5, 0.6) is 0 Å². The molecule has 2 saturated heterocycles. The first kappa shape index (κ1) is 17.7. The lowest BCUT2D eigenvalue weighted by Gasteiger charge is -2.35. The van der Waals surface area contributed by atoms with Crippen molar-refractivity contribution in [3.8, 4) is 0 Å². The van der Waals surface area contributed by atoms with Gasteiger partial charge in [0.05, 0.1) is 11.3 Å². The van der Waals surface area contributed by atoms with Crippen LogP contribution in [0.25, 0.3) is 0 Å². The molecule has 0 bridgehead atoms. The quantitative estimate of drug-likeness (QED) is 0.392. The minimum atomic E-state index is -1.74. The number of carbonyl (C=O) groups is 1. The Morgan fingerprint density at radius 3 is 2.72 bits per heavy atom. The van der Waals surface area contributed by atoms with Crippen LogP contribution in [0.2, 0.25) is 0 Å². The first-order chi connectivity index (χ1) is 11.9. The molecule has 3 rings (SSSR count). The van der Waals surface area contributed by atoms with Gasteiger partial charge in [0.1, 0.15) is 12.2 Å². The average Bonchev–Trinajstić information content (AvgIpc) is 3.08. The van der Waals surface area contributed by atoms with E-state index in [2.05, 4.69) is 5.29 Å². The molecule has 2 aliphatic heterocycles. The molecule has 10 nitrogen and oxygen atoms in total. The Morgan fingerprint density at radius 2 is 2.04 bits per heavy atom. The van der Waals surface area contributed by atoms with Crippen molar-refractivity contribution in [2.24, 2.45) is 5.29 Å². The fraction of sp³-hybridized carbons (Fsp3) is 0.600. The number of rotatable bonds is 4. The lowest BCUT2D eigenvalue weighted by Crippen LogP contribution is -2.63. The fourth-order valence-electron chi connectivity index (χ4n) is 3.37. The van der Waals surface area contributed by atoms with E-state index in [1.54, 1.807) is 24.5 Å².